The molecule has 0 aliphatic rings. The molecule has 0 spiro atoms. The third-order valence-corrected chi connectivity index (χ3v) is 2.46. The topological polar surface area (TPSA) is 49.3 Å². The lowest BCUT2D eigenvalue weighted by Gasteiger charge is -2.23. The van der Waals surface area contributed by atoms with Crippen LogP contribution in [0.5, 0.6) is 0 Å². The number of hydrogen-bond donors (Lipinski definition) is 2. The van der Waals surface area contributed by atoms with Crippen molar-refractivity contribution in [1.82, 2.24) is 0 Å². The highest BCUT2D eigenvalue weighted by Crippen LogP contribution is 2.22. The Morgan fingerprint density at radius 1 is 1.50 bits per heavy atom. The fraction of sp³-hybridized carbons (Fsp3) is 0.417. The number of nitrogens with one attached hydrogen (secondary N) is 1. The normalized spacial score (nSPS) is 11.2. The van der Waals surface area contributed by atoms with Crippen LogP contribution in [-0.4, -0.2) is 17.6 Å². The molecule has 1 aromatic rings. The SMILES string of the molecule is CC(C)(CNc1cccc(Cl)c1)CC(=O)O. The summed E-state index contributed by atoms with van der Waals surface area (Å²) in [5.41, 5.74) is 0.625. The Balaban J connectivity index is 2.54. The Morgan fingerprint density at radius 3 is 2.75 bits per heavy atom. The predicted molar refractivity (Wildman–Crippen MR) is 66.0 cm³/mol. The number of anilines is 1. The van der Waals surface area contributed by atoms with Crippen molar-refractivity contribution in [3.8, 4) is 0 Å². The minimum atomic E-state index is -0.780. The summed E-state index contributed by atoms with van der Waals surface area (Å²) in [4.78, 5) is 10.6. The van der Waals surface area contributed by atoms with Crippen LogP contribution in [0.4, 0.5) is 5.69 Å². The van der Waals surface area contributed by atoms with E-state index in [1.165, 1.54) is 0 Å². The van der Waals surface area contributed by atoms with Gasteiger partial charge in [0.1, 0.15) is 0 Å². The molecule has 0 fully saturated rings. The zero-order chi connectivity index (χ0) is 12.2. The second kappa shape index (κ2) is 5.21. The number of hydrogen-bond acceptors (Lipinski definition) is 2. The van der Waals surface area contributed by atoms with E-state index < -0.39 is 5.97 Å². The largest absolute Gasteiger partial charge is 0.481 e. The van der Waals surface area contributed by atoms with Crippen molar-refractivity contribution >= 4 is 23.3 Å². The van der Waals surface area contributed by atoms with Crippen LogP contribution in [0.15, 0.2) is 24.3 Å². The molecule has 0 saturated carbocycles. The van der Waals surface area contributed by atoms with Gasteiger partial charge >= 0.3 is 5.97 Å². The zero-order valence-electron chi connectivity index (χ0n) is 9.46. The van der Waals surface area contributed by atoms with Crippen molar-refractivity contribution in [3.05, 3.63) is 29.3 Å². The highest BCUT2D eigenvalue weighted by atomic mass is 35.5. The zero-order valence-corrected chi connectivity index (χ0v) is 10.2. The van der Waals surface area contributed by atoms with Crippen molar-refractivity contribution < 1.29 is 9.90 Å². The highest BCUT2D eigenvalue weighted by molar-refractivity contribution is 6.30. The second-order valence-corrected chi connectivity index (χ2v) is 5.04. The highest BCUT2D eigenvalue weighted by Gasteiger charge is 2.21. The Hall–Kier alpha value is -1.22. The first kappa shape index (κ1) is 12.8. The van der Waals surface area contributed by atoms with Crippen LogP contribution in [0.25, 0.3) is 0 Å². The number of carboxylic acid groups (broad SMARTS) is 1. The molecule has 0 aliphatic carbocycles. The molecule has 0 bridgehead atoms. The summed E-state index contributed by atoms with van der Waals surface area (Å²) >= 11 is 5.85. The molecule has 3 nitrogen and oxygen atoms in total. The minimum Gasteiger partial charge on any atom is -0.481 e. The van der Waals surface area contributed by atoms with Gasteiger partial charge in [-0.2, -0.15) is 0 Å². The first-order chi connectivity index (χ1) is 7.39. The van der Waals surface area contributed by atoms with Gasteiger partial charge in [0.15, 0.2) is 0 Å². The van der Waals surface area contributed by atoms with Gasteiger partial charge in [0.05, 0.1) is 6.42 Å². The van der Waals surface area contributed by atoms with Crippen LogP contribution < -0.4 is 5.32 Å². The van der Waals surface area contributed by atoms with Crippen LogP contribution >= 0.6 is 11.6 Å². The minimum absolute atomic E-state index is 0.139. The van der Waals surface area contributed by atoms with E-state index in [9.17, 15) is 4.79 Å². The van der Waals surface area contributed by atoms with Crippen LogP contribution in [0.3, 0.4) is 0 Å². The van der Waals surface area contributed by atoms with E-state index >= 15 is 0 Å². The molecule has 0 amide bonds. The molecule has 0 heterocycles. The number of halogens is 1. The third-order valence-electron chi connectivity index (χ3n) is 2.23. The Kier molecular flexibility index (Phi) is 4.19. The van der Waals surface area contributed by atoms with Crippen molar-refractivity contribution in [2.24, 2.45) is 5.41 Å². The van der Waals surface area contributed by atoms with Crippen LogP contribution in [-0.2, 0) is 4.79 Å². The average Bonchev–Trinajstić information content (AvgIpc) is 2.13. The maximum Gasteiger partial charge on any atom is 0.303 e. The van der Waals surface area contributed by atoms with Crippen molar-refractivity contribution in [2.45, 2.75) is 20.3 Å². The Bertz CT molecular complexity index is 377. The molecule has 4 heteroatoms. The number of rotatable bonds is 5. The smallest absolute Gasteiger partial charge is 0.303 e. The first-order valence-corrected chi connectivity index (χ1v) is 5.48. The van der Waals surface area contributed by atoms with Crippen LogP contribution in [0.1, 0.15) is 20.3 Å². The maximum atomic E-state index is 10.6. The van der Waals surface area contributed by atoms with Crippen molar-refractivity contribution in [1.29, 1.82) is 0 Å². The van der Waals surface area contributed by atoms with Gasteiger partial charge in [-0.3, -0.25) is 4.79 Å². The quantitative estimate of drug-likeness (QED) is 0.832. The second-order valence-electron chi connectivity index (χ2n) is 4.60. The van der Waals surface area contributed by atoms with Crippen molar-refractivity contribution in [2.75, 3.05) is 11.9 Å². The van der Waals surface area contributed by atoms with Gasteiger partial charge in [-0.1, -0.05) is 31.5 Å². The van der Waals surface area contributed by atoms with Gasteiger partial charge in [-0.15, -0.1) is 0 Å². The summed E-state index contributed by atoms with van der Waals surface area (Å²) in [6, 6.07) is 7.38. The predicted octanol–water partition coefficient (Wildman–Crippen LogP) is 3.25. The summed E-state index contributed by atoms with van der Waals surface area (Å²) in [7, 11) is 0. The van der Waals surface area contributed by atoms with E-state index in [1.807, 2.05) is 32.0 Å². The molecule has 88 valence electrons. The first-order valence-electron chi connectivity index (χ1n) is 5.10. The molecular formula is C12H16ClNO2. The standard InChI is InChI=1S/C12H16ClNO2/c1-12(2,7-11(15)16)8-14-10-5-3-4-9(13)6-10/h3-6,14H,7-8H2,1-2H3,(H,15,16). The average molecular weight is 242 g/mol. The molecule has 0 saturated heterocycles. The summed E-state index contributed by atoms with van der Waals surface area (Å²) in [6.45, 7) is 4.43. The van der Waals surface area contributed by atoms with E-state index in [1.54, 1.807) is 6.07 Å². The van der Waals surface area contributed by atoms with Gasteiger partial charge < -0.3 is 10.4 Å². The molecule has 16 heavy (non-hydrogen) atoms. The molecule has 1 rings (SSSR count). The van der Waals surface area contributed by atoms with Gasteiger partial charge in [-0.25, -0.2) is 0 Å². The van der Waals surface area contributed by atoms with Crippen LogP contribution in [0.2, 0.25) is 5.02 Å². The van der Waals surface area contributed by atoms with Crippen LogP contribution in [0, 0.1) is 5.41 Å². The van der Waals surface area contributed by atoms with Gasteiger partial charge in [0.2, 0.25) is 0 Å². The van der Waals surface area contributed by atoms with Gasteiger partial charge in [0, 0.05) is 17.3 Å². The molecule has 0 unspecified atom stereocenters. The Labute approximate surface area is 100 Å². The summed E-state index contributed by atoms with van der Waals surface area (Å²) in [6.07, 6.45) is 0.139. The maximum absolute atomic E-state index is 10.6. The lowest BCUT2D eigenvalue weighted by molar-refractivity contribution is -0.139. The summed E-state index contributed by atoms with van der Waals surface area (Å²) in [5, 5.41) is 12.6. The monoisotopic (exact) mass is 241 g/mol. The number of benzene rings is 1. The fourth-order valence-electron chi connectivity index (χ4n) is 1.41. The molecular weight excluding hydrogens is 226 g/mol. The molecule has 1 aromatic carbocycles. The van der Waals surface area contributed by atoms with Gasteiger partial charge in [-0.05, 0) is 23.6 Å². The van der Waals surface area contributed by atoms with E-state index in [-0.39, 0.29) is 11.8 Å². The number of aliphatic carboxylic acids is 1. The third kappa shape index (κ3) is 4.53. The van der Waals surface area contributed by atoms with E-state index in [2.05, 4.69) is 5.32 Å². The van der Waals surface area contributed by atoms with E-state index in [0.29, 0.717) is 11.6 Å². The lowest BCUT2D eigenvalue weighted by Crippen LogP contribution is -2.26. The van der Waals surface area contributed by atoms with Gasteiger partial charge in [0.25, 0.3) is 0 Å². The Morgan fingerprint density at radius 2 is 2.19 bits per heavy atom. The lowest BCUT2D eigenvalue weighted by atomic mass is 9.89. The van der Waals surface area contributed by atoms with E-state index in [4.69, 9.17) is 16.7 Å². The molecule has 0 radical (unpaired) electrons. The van der Waals surface area contributed by atoms with E-state index in [0.717, 1.165) is 5.69 Å². The van der Waals surface area contributed by atoms with Crippen molar-refractivity contribution in [3.63, 3.8) is 0 Å². The molecule has 0 aromatic heterocycles. The number of carbonyl (C=O) groups is 1. The summed E-state index contributed by atoms with van der Waals surface area (Å²) < 4.78 is 0. The fourth-order valence-corrected chi connectivity index (χ4v) is 1.60. The number of carboxylic acids is 1. The molecule has 0 atom stereocenters. The molecule has 0 aliphatic heterocycles. The molecule has 2 N–H and O–H groups in total. The summed E-state index contributed by atoms with van der Waals surface area (Å²) in [5.74, 6) is -0.780.